The molecule has 4 aromatic rings. The fourth-order valence-electron chi connectivity index (χ4n) is 7.53. The summed E-state index contributed by atoms with van der Waals surface area (Å²) in [7, 11) is 2.82. The zero-order valence-electron chi connectivity index (χ0n) is 34.2. The van der Waals surface area contributed by atoms with Gasteiger partial charge < -0.3 is 68.3 Å². The van der Waals surface area contributed by atoms with E-state index in [0.29, 0.717) is 36.5 Å². The number of ether oxygens (including phenoxy) is 6. The predicted molar refractivity (Wildman–Crippen MR) is 215 cm³/mol. The summed E-state index contributed by atoms with van der Waals surface area (Å²) < 4.78 is 44.7. The van der Waals surface area contributed by atoms with Crippen molar-refractivity contribution in [3.05, 3.63) is 69.4 Å². The van der Waals surface area contributed by atoms with Crippen LogP contribution in [0, 0.1) is 0 Å². The summed E-state index contributed by atoms with van der Waals surface area (Å²) in [5.74, 6) is -0.343. The molecule has 4 heterocycles. The van der Waals surface area contributed by atoms with Crippen LogP contribution in [0.5, 0.6) is 11.5 Å². The Hall–Kier alpha value is -4.92. The van der Waals surface area contributed by atoms with Gasteiger partial charge in [-0.1, -0.05) is 12.8 Å². The van der Waals surface area contributed by atoms with Crippen LogP contribution >= 0.6 is 0 Å². The van der Waals surface area contributed by atoms with E-state index in [4.69, 9.17) is 37.3 Å². The van der Waals surface area contributed by atoms with E-state index in [2.05, 4.69) is 10.6 Å². The molecule has 0 aliphatic carbocycles. The summed E-state index contributed by atoms with van der Waals surface area (Å²) in [4.78, 5) is 50.8. The number of methoxy groups -OCH3 is 2. The van der Waals surface area contributed by atoms with E-state index >= 15 is 0 Å². The van der Waals surface area contributed by atoms with Gasteiger partial charge in [-0.3, -0.25) is 9.59 Å². The average molecular weight is 841 g/mol. The molecule has 2 aromatic heterocycles. The maximum Gasteiger partial charge on any atom is 0.360 e. The van der Waals surface area contributed by atoms with Crippen LogP contribution in [0.1, 0.15) is 66.2 Å². The Morgan fingerprint density at radius 2 is 0.983 bits per heavy atom. The largest absolute Gasteiger partial charge is 0.462 e. The molecule has 0 saturated carbocycles. The van der Waals surface area contributed by atoms with Crippen molar-refractivity contribution >= 4 is 45.1 Å². The smallest absolute Gasteiger partial charge is 0.360 e. The molecule has 0 spiro atoms. The molecular formula is C42H52N2O16. The van der Waals surface area contributed by atoms with Gasteiger partial charge in [-0.2, -0.15) is 0 Å². The SMILES string of the molecule is CO[C@@H]1C(O)[C@H](O)[C@H](Oc2ccc3cc(NC(=O)CCCCCCC(=O)Nc4cc5ccc(O[C@@H]6OC(C)(C)[C@H](OC)C(O)[C@@H]6O)cc5oc4=O)c(=O)oc3c2)OC1(C)C. The first-order valence-electron chi connectivity index (χ1n) is 19.6. The van der Waals surface area contributed by atoms with E-state index in [9.17, 15) is 39.6 Å². The van der Waals surface area contributed by atoms with Crippen molar-refractivity contribution in [3.8, 4) is 11.5 Å². The topological polar surface area (TPSA) is 255 Å². The lowest BCUT2D eigenvalue weighted by Crippen LogP contribution is -2.63. The number of anilines is 2. The molecule has 6 rings (SSSR count). The molecule has 2 aromatic carbocycles. The van der Waals surface area contributed by atoms with Gasteiger partial charge in [0, 0.05) is 50.0 Å². The van der Waals surface area contributed by atoms with Crippen LogP contribution in [0.4, 0.5) is 11.4 Å². The molecule has 6 N–H and O–H groups in total. The molecule has 2 aliphatic heterocycles. The van der Waals surface area contributed by atoms with E-state index in [0.717, 1.165) is 0 Å². The minimum absolute atomic E-state index is 0.0361. The van der Waals surface area contributed by atoms with E-state index in [1.54, 1.807) is 52.0 Å². The number of nitrogens with one attached hydrogen (secondary N) is 2. The second-order valence-electron chi connectivity index (χ2n) is 16.0. The molecule has 0 bridgehead atoms. The Kier molecular flexibility index (Phi) is 13.7. The molecular weight excluding hydrogens is 788 g/mol. The van der Waals surface area contributed by atoms with Gasteiger partial charge in [-0.05, 0) is 76.9 Å². The molecule has 326 valence electrons. The fraction of sp³-hybridized carbons (Fsp3) is 0.524. The first-order chi connectivity index (χ1) is 28.4. The Balaban J connectivity index is 0.928. The Labute approximate surface area is 344 Å². The number of benzene rings is 2. The molecule has 2 aliphatic rings. The number of aliphatic hydroxyl groups excluding tert-OH is 4. The van der Waals surface area contributed by atoms with Crippen molar-refractivity contribution in [2.24, 2.45) is 0 Å². The van der Waals surface area contributed by atoms with Gasteiger partial charge in [0.05, 0.1) is 11.2 Å². The number of amides is 2. The highest BCUT2D eigenvalue weighted by Crippen LogP contribution is 2.35. The lowest BCUT2D eigenvalue weighted by atomic mass is 9.89. The predicted octanol–water partition coefficient (Wildman–Crippen LogP) is 3.32. The first kappa shape index (κ1) is 44.6. The van der Waals surface area contributed by atoms with Crippen LogP contribution in [-0.2, 0) is 28.5 Å². The molecule has 18 heteroatoms. The van der Waals surface area contributed by atoms with Crippen LogP contribution in [0.15, 0.2) is 67.0 Å². The highest BCUT2D eigenvalue weighted by molar-refractivity contribution is 5.93. The lowest BCUT2D eigenvalue weighted by Gasteiger charge is -2.46. The number of aliphatic hydroxyl groups is 4. The monoisotopic (exact) mass is 840 g/mol. The minimum Gasteiger partial charge on any atom is -0.462 e. The van der Waals surface area contributed by atoms with E-state index in [-0.39, 0.29) is 58.7 Å². The third kappa shape index (κ3) is 9.98. The van der Waals surface area contributed by atoms with Gasteiger partial charge >= 0.3 is 11.3 Å². The van der Waals surface area contributed by atoms with Crippen molar-refractivity contribution in [3.63, 3.8) is 0 Å². The minimum atomic E-state index is -1.41. The highest BCUT2D eigenvalue weighted by Gasteiger charge is 2.51. The Bertz CT molecular complexity index is 2130. The third-order valence-corrected chi connectivity index (χ3v) is 10.6. The van der Waals surface area contributed by atoms with Crippen molar-refractivity contribution in [2.45, 2.75) is 127 Å². The summed E-state index contributed by atoms with van der Waals surface area (Å²) in [6.07, 6.45) is -6.89. The molecule has 2 saturated heterocycles. The first-order valence-corrected chi connectivity index (χ1v) is 19.6. The number of hydrogen-bond donors (Lipinski definition) is 6. The molecule has 18 nitrogen and oxygen atoms in total. The Morgan fingerprint density at radius 1 is 0.600 bits per heavy atom. The number of carbonyl (C=O) groups excluding carboxylic acids is 2. The van der Waals surface area contributed by atoms with Crippen LogP contribution in [-0.4, -0.2) is 107 Å². The summed E-state index contributed by atoms with van der Waals surface area (Å²) in [6, 6.07) is 12.2. The highest BCUT2D eigenvalue weighted by atomic mass is 16.7. The molecule has 2 unspecified atom stereocenters. The number of fused-ring (bicyclic) bond motifs is 2. The molecule has 8 atom stereocenters. The standard InChI is InChI=1S/C42H52N2O16/c1-41(2)35(53-5)31(47)33(49)39(59-41)55-23-15-13-21-17-25(37(51)57-27(21)19-23)43-29(45)11-9-7-8-10-12-30(46)44-26-18-22-14-16-24(20-28(22)58-38(26)52)56-40-34(50)32(48)36(54-6)42(3,4)60-40/h13-20,31-36,39-40,47-50H,7-12H2,1-6H3,(H,43,45)(H,44,46)/t31?,32?,33-,34-,35+,36+,39+,40+/m0/s1. The number of rotatable bonds is 15. The van der Waals surface area contributed by atoms with Crippen molar-refractivity contribution < 1.29 is 67.3 Å². The summed E-state index contributed by atoms with van der Waals surface area (Å²) in [5, 5.41) is 48.3. The van der Waals surface area contributed by atoms with Crippen LogP contribution in [0.3, 0.4) is 0 Å². The molecule has 0 radical (unpaired) electrons. The Morgan fingerprint density at radius 3 is 1.35 bits per heavy atom. The zero-order valence-corrected chi connectivity index (χ0v) is 34.2. The second-order valence-corrected chi connectivity index (χ2v) is 16.0. The van der Waals surface area contributed by atoms with Crippen LogP contribution in [0.25, 0.3) is 21.9 Å². The number of carbonyl (C=O) groups is 2. The van der Waals surface area contributed by atoms with Gasteiger partial charge in [0.2, 0.25) is 24.4 Å². The zero-order chi connectivity index (χ0) is 43.5. The van der Waals surface area contributed by atoms with Gasteiger partial charge in [0.1, 0.15) is 70.7 Å². The van der Waals surface area contributed by atoms with Gasteiger partial charge in [0.25, 0.3) is 0 Å². The van der Waals surface area contributed by atoms with Crippen molar-refractivity contribution in [1.29, 1.82) is 0 Å². The summed E-state index contributed by atoms with van der Waals surface area (Å²) >= 11 is 0. The maximum atomic E-state index is 12.7. The molecule has 2 fully saturated rings. The van der Waals surface area contributed by atoms with E-state index in [1.165, 1.54) is 38.5 Å². The number of unbranched alkanes of at least 4 members (excludes halogenated alkanes) is 3. The third-order valence-electron chi connectivity index (χ3n) is 10.6. The van der Waals surface area contributed by atoms with Gasteiger partial charge in [0.15, 0.2) is 0 Å². The average Bonchev–Trinajstić information content (AvgIpc) is 3.18. The quantitative estimate of drug-likeness (QED) is 0.0742. The maximum absolute atomic E-state index is 12.7. The van der Waals surface area contributed by atoms with Crippen molar-refractivity contribution in [1.82, 2.24) is 0 Å². The summed E-state index contributed by atoms with van der Waals surface area (Å²) in [5.41, 5.74) is -3.23. The normalized spacial score (nSPS) is 26.1. The van der Waals surface area contributed by atoms with E-state index < -0.39 is 71.7 Å². The number of hydrogen-bond acceptors (Lipinski definition) is 16. The van der Waals surface area contributed by atoms with Gasteiger partial charge in [-0.25, -0.2) is 9.59 Å². The molecule has 60 heavy (non-hydrogen) atoms. The van der Waals surface area contributed by atoms with Crippen LogP contribution in [0.2, 0.25) is 0 Å². The molecule has 2 amide bonds. The van der Waals surface area contributed by atoms with E-state index in [1.807, 2.05) is 0 Å². The van der Waals surface area contributed by atoms with Gasteiger partial charge in [-0.15, -0.1) is 0 Å². The lowest BCUT2D eigenvalue weighted by molar-refractivity contribution is -0.306. The van der Waals surface area contributed by atoms with Crippen molar-refractivity contribution in [2.75, 3.05) is 24.9 Å². The second kappa shape index (κ2) is 18.4. The summed E-state index contributed by atoms with van der Waals surface area (Å²) in [6.45, 7) is 6.80. The fourth-order valence-corrected chi connectivity index (χ4v) is 7.53. The van der Waals surface area contributed by atoms with Crippen LogP contribution < -0.4 is 31.4 Å².